The van der Waals surface area contributed by atoms with Gasteiger partial charge < -0.3 is 15.5 Å². The molecule has 4 heteroatoms. The zero-order valence-corrected chi connectivity index (χ0v) is 15.0. The molecule has 4 nitrogen and oxygen atoms in total. The smallest absolute Gasteiger partial charge is 0.227 e. The minimum Gasteiger partial charge on any atom is -0.369 e. The Hall–Kier alpha value is -2.33. The van der Waals surface area contributed by atoms with Crippen molar-refractivity contribution in [2.45, 2.75) is 32.4 Å². The number of carbonyl (C=O) groups excluding carboxylic acids is 1. The highest BCUT2D eigenvalue weighted by Crippen LogP contribution is 2.27. The highest BCUT2D eigenvalue weighted by atomic mass is 16.1. The van der Waals surface area contributed by atoms with E-state index in [1.54, 1.807) is 0 Å². The number of carbonyl (C=O) groups is 1. The van der Waals surface area contributed by atoms with E-state index in [1.165, 1.54) is 5.56 Å². The molecule has 1 aliphatic rings. The quantitative estimate of drug-likeness (QED) is 0.875. The van der Waals surface area contributed by atoms with Gasteiger partial charge >= 0.3 is 0 Å². The summed E-state index contributed by atoms with van der Waals surface area (Å²) in [6, 6.07) is 18.8. The second kappa shape index (κ2) is 8.17. The molecule has 2 atom stereocenters. The molecule has 25 heavy (non-hydrogen) atoms. The van der Waals surface area contributed by atoms with Crippen molar-refractivity contribution in [2.75, 3.05) is 23.8 Å². The zero-order valence-electron chi connectivity index (χ0n) is 15.0. The van der Waals surface area contributed by atoms with Crippen molar-refractivity contribution in [3.63, 3.8) is 0 Å². The molecule has 132 valence electrons. The molecule has 2 aromatic rings. The van der Waals surface area contributed by atoms with Crippen LogP contribution >= 0.6 is 0 Å². The Morgan fingerprint density at radius 3 is 2.64 bits per heavy atom. The number of amides is 1. The van der Waals surface area contributed by atoms with Gasteiger partial charge in [0.15, 0.2) is 0 Å². The van der Waals surface area contributed by atoms with E-state index in [9.17, 15) is 4.79 Å². The van der Waals surface area contributed by atoms with Crippen LogP contribution in [-0.2, 0) is 11.3 Å². The second-order valence-electron chi connectivity index (χ2n) is 6.92. The van der Waals surface area contributed by atoms with Crippen molar-refractivity contribution in [3.8, 4) is 0 Å². The third kappa shape index (κ3) is 4.60. The van der Waals surface area contributed by atoms with Crippen LogP contribution in [-0.4, -0.2) is 25.5 Å². The van der Waals surface area contributed by atoms with Gasteiger partial charge in [-0.15, -0.1) is 0 Å². The second-order valence-corrected chi connectivity index (χ2v) is 6.92. The highest BCUT2D eigenvalue weighted by Gasteiger charge is 2.25. The SMILES string of the molecule is C[C@H]1C[C@@H](C(=O)Nc2ccccc2N(C)Cc2ccccc2)CCN1. The fourth-order valence-corrected chi connectivity index (χ4v) is 3.46. The van der Waals surface area contributed by atoms with E-state index in [-0.39, 0.29) is 11.8 Å². The average molecular weight is 337 g/mol. The normalized spacial score (nSPS) is 20.1. The number of nitrogens with zero attached hydrogens (tertiary/aromatic N) is 1. The van der Waals surface area contributed by atoms with E-state index in [2.05, 4.69) is 59.8 Å². The highest BCUT2D eigenvalue weighted by molar-refractivity contribution is 5.95. The molecule has 1 saturated heterocycles. The average Bonchev–Trinajstić information content (AvgIpc) is 2.63. The number of nitrogens with one attached hydrogen (secondary N) is 2. The first-order chi connectivity index (χ1) is 12.1. The van der Waals surface area contributed by atoms with Gasteiger partial charge in [-0.2, -0.15) is 0 Å². The number of hydrogen-bond acceptors (Lipinski definition) is 3. The Kier molecular flexibility index (Phi) is 5.71. The van der Waals surface area contributed by atoms with Gasteiger partial charge in [0.1, 0.15) is 0 Å². The molecule has 0 bridgehead atoms. The van der Waals surface area contributed by atoms with Gasteiger partial charge in [-0.25, -0.2) is 0 Å². The van der Waals surface area contributed by atoms with E-state index < -0.39 is 0 Å². The third-order valence-corrected chi connectivity index (χ3v) is 4.83. The van der Waals surface area contributed by atoms with Crippen molar-refractivity contribution < 1.29 is 4.79 Å². The molecule has 0 unspecified atom stereocenters. The Balaban J connectivity index is 1.71. The lowest BCUT2D eigenvalue weighted by atomic mass is 9.92. The largest absolute Gasteiger partial charge is 0.369 e. The van der Waals surface area contributed by atoms with Crippen LogP contribution in [0, 0.1) is 5.92 Å². The first kappa shape index (κ1) is 17.5. The first-order valence-electron chi connectivity index (χ1n) is 9.02. The molecule has 1 heterocycles. The van der Waals surface area contributed by atoms with Crippen LogP contribution in [0.5, 0.6) is 0 Å². The van der Waals surface area contributed by atoms with Crippen molar-refractivity contribution in [3.05, 3.63) is 60.2 Å². The van der Waals surface area contributed by atoms with Crippen LogP contribution < -0.4 is 15.5 Å². The van der Waals surface area contributed by atoms with Crippen LogP contribution in [0.25, 0.3) is 0 Å². The molecular weight excluding hydrogens is 310 g/mol. The molecule has 0 saturated carbocycles. The van der Waals surface area contributed by atoms with Gasteiger partial charge in [0.25, 0.3) is 0 Å². The van der Waals surface area contributed by atoms with Crippen LogP contribution in [0.3, 0.4) is 0 Å². The molecule has 0 aromatic heterocycles. The van der Waals surface area contributed by atoms with E-state index in [1.807, 2.05) is 24.3 Å². The first-order valence-corrected chi connectivity index (χ1v) is 9.02. The minimum atomic E-state index is 0.0868. The summed E-state index contributed by atoms with van der Waals surface area (Å²) in [5, 5.41) is 6.56. The van der Waals surface area contributed by atoms with Crippen LogP contribution in [0.4, 0.5) is 11.4 Å². The molecule has 0 aliphatic carbocycles. The van der Waals surface area contributed by atoms with Crippen molar-refractivity contribution in [1.82, 2.24) is 5.32 Å². The van der Waals surface area contributed by atoms with Gasteiger partial charge in [0.05, 0.1) is 11.4 Å². The van der Waals surface area contributed by atoms with Gasteiger partial charge in [0.2, 0.25) is 5.91 Å². The number of hydrogen-bond donors (Lipinski definition) is 2. The predicted octanol–water partition coefficient (Wildman–Crippen LogP) is 3.65. The van der Waals surface area contributed by atoms with Crippen molar-refractivity contribution >= 4 is 17.3 Å². The number of anilines is 2. The molecule has 1 fully saturated rings. The van der Waals surface area contributed by atoms with E-state index in [0.29, 0.717) is 6.04 Å². The summed E-state index contributed by atoms with van der Waals surface area (Å²) in [7, 11) is 2.06. The molecule has 3 rings (SSSR count). The summed E-state index contributed by atoms with van der Waals surface area (Å²) in [5.41, 5.74) is 3.18. The van der Waals surface area contributed by atoms with Gasteiger partial charge in [-0.1, -0.05) is 42.5 Å². The topological polar surface area (TPSA) is 44.4 Å². The molecule has 2 aromatic carbocycles. The fraction of sp³-hybridized carbons (Fsp3) is 0.381. The Bertz CT molecular complexity index is 701. The summed E-state index contributed by atoms with van der Waals surface area (Å²) in [5.74, 6) is 0.220. The van der Waals surface area contributed by atoms with Crippen LogP contribution in [0.2, 0.25) is 0 Å². The molecular formula is C21H27N3O. The summed E-state index contributed by atoms with van der Waals surface area (Å²) < 4.78 is 0. The lowest BCUT2D eigenvalue weighted by Crippen LogP contribution is -2.40. The van der Waals surface area contributed by atoms with Crippen molar-refractivity contribution in [2.24, 2.45) is 5.92 Å². The summed E-state index contributed by atoms with van der Waals surface area (Å²) in [6.45, 7) is 3.86. The van der Waals surface area contributed by atoms with E-state index in [4.69, 9.17) is 0 Å². The standard InChI is InChI=1S/C21H27N3O/c1-16-14-18(12-13-22-16)21(25)23-19-10-6-7-11-20(19)24(2)15-17-8-4-3-5-9-17/h3-11,16,18,22H,12-15H2,1-2H3,(H,23,25)/t16-,18-/m0/s1. The monoisotopic (exact) mass is 337 g/mol. The Labute approximate surface area is 150 Å². The third-order valence-electron chi connectivity index (χ3n) is 4.83. The Morgan fingerprint density at radius 2 is 1.88 bits per heavy atom. The Morgan fingerprint density at radius 1 is 1.16 bits per heavy atom. The molecule has 1 aliphatic heterocycles. The zero-order chi connectivity index (χ0) is 17.6. The summed E-state index contributed by atoms with van der Waals surface area (Å²) >= 11 is 0. The number of rotatable bonds is 5. The maximum atomic E-state index is 12.7. The molecule has 0 radical (unpaired) electrons. The van der Waals surface area contributed by atoms with Crippen molar-refractivity contribution in [1.29, 1.82) is 0 Å². The number of piperidine rings is 1. The number of benzene rings is 2. The summed E-state index contributed by atoms with van der Waals surface area (Å²) in [4.78, 5) is 14.9. The number of para-hydroxylation sites is 2. The summed E-state index contributed by atoms with van der Waals surface area (Å²) in [6.07, 6.45) is 1.80. The van der Waals surface area contributed by atoms with E-state index in [0.717, 1.165) is 37.3 Å². The van der Waals surface area contributed by atoms with Crippen LogP contribution in [0.1, 0.15) is 25.3 Å². The maximum absolute atomic E-state index is 12.7. The molecule has 1 amide bonds. The van der Waals surface area contributed by atoms with Crippen LogP contribution in [0.15, 0.2) is 54.6 Å². The lowest BCUT2D eigenvalue weighted by molar-refractivity contribution is -0.120. The molecule has 0 spiro atoms. The predicted molar refractivity (Wildman–Crippen MR) is 104 cm³/mol. The fourth-order valence-electron chi connectivity index (χ4n) is 3.46. The molecule has 2 N–H and O–H groups in total. The van der Waals surface area contributed by atoms with E-state index >= 15 is 0 Å². The van der Waals surface area contributed by atoms with Gasteiger partial charge in [-0.05, 0) is 44.0 Å². The van der Waals surface area contributed by atoms with Gasteiger partial charge in [0, 0.05) is 25.6 Å². The van der Waals surface area contributed by atoms with Gasteiger partial charge in [-0.3, -0.25) is 4.79 Å². The minimum absolute atomic E-state index is 0.0868. The lowest BCUT2D eigenvalue weighted by Gasteiger charge is -2.28. The maximum Gasteiger partial charge on any atom is 0.227 e.